The fourth-order valence-electron chi connectivity index (χ4n) is 2.35. The number of amides is 2. The average Bonchev–Trinajstić information content (AvgIpc) is 2.61. The van der Waals surface area contributed by atoms with Crippen LogP contribution in [0.25, 0.3) is 0 Å². The molecule has 2 aromatic rings. The Balaban J connectivity index is 2.17. The summed E-state index contributed by atoms with van der Waals surface area (Å²) in [5.41, 5.74) is 0.975. The highest BCUT2D eigenvalue weighted by Gasteiger charge is 2.29. The summed E-state index contributed by atoms with van der Waals surface area (Å²) >= 11 is 0. The molecule has 0 saturated heterocycles. The van der Waals surface area contributed by atoms with Crippen molar-refractivity contribution in [3.63, 3.8) is 0 Å². The Morgan fingerprint density at radius 2 is 1.54 bits per heavy atom. The summed E-state index contributed by atoms with van der Waals surface area (Å²) in [5, 5.41) is 12.0. The summed E-state index contributed by atoms with van der Waals surface area (Å²) in [4.78, 5) is 37.2. The van der Waals surface area contributed by atoms with E-state index in [0.717, 1.165) is 0 Å². The van der Waals surface area contributed by atoms with Crippen molar-refractivity contribution in [3.8, 4) is 0 Å². The molecule has 0 radical (unpaired) electrons. The Bertz CT molecular complexity index is 839. The molecule has 2 rings (SSSR count). The molecule has 0 atom stereocenters. The fraction of sp³-hybridized carbons (Fsp3) is 0.250. The van der Waals surface area contributed by atoms with Gasteiger partial charge in [-0.15, -0.1) is 0 Å². The first-order valence-corrected chi connectivity index (χ1v) is 8.10. The fourth-order valence-corrected chi connectivity index (χ4v) is 2.35. The van der Waals surface area contributed by atoms with Crippen LogP contribution in [0.4, 0.5) is 5.69 Å². The molecular formula is C20H22N2O4. The first kappa shape index (κ1) is 19.2. The van der Waals surface area contributed by atoms with Gasteiger partial charge in [-0.05, 0) is 49.7 Å². The second-order valence-electron chi connectivity index (χ2n) is 6.74. The van der Waals surface area contributed by atoms with Gasteiger partial charge in [-0.2, -0.15) is 0 Å². The minimum absolute atomic E-state index is 0.181. The van der Waals surface area contributed by atoms with Crippen molar-refractivity contribution < 1.29 is 19.5 Å². The number of carbonyl (C=O) groups is 3. The van der Waals surface area contributed by atoms with Crippen molar-refractivity contribution in [2.45, 2.75) is 19.3 Å². The van der Waals surface area contributed by atoms with Crippen LogP contribution in [0.1, 0.15) is 40.1 Å². The molecule has 2 amide bonds. The Morgan fingerprint density at radius 3 is 2.08 bits per heavy atom. The highest BCUT2D eigenvalue weighted by molar-refractivity contribution is 6.06. The zero-order valence-corrected chi connectivity index (χ0v) is 15.2. The van der Waals surface area contributed by atoms with Crippen LogP contribution in [0.2, 0.25) is 0 Å². The summed E-state index contributed by atoms with van der Waals surface area (Å²) in [6, 6.07) is 13.2. The molecule has 0 fully saturated rings. The van der Waals surface area contributed by atoms with Crippen LogP contribution in [0.5, 0.6) is 0 Å². The highest BCUT2D eigenvalue weighted by atomic mass is 16.4. The first-order valence-electron chi connectivity index (χ1n) is 8.10. The van der Waals surface area contributed by atoms with E-state index in [1.165, 1.54) is 4.90 Å². The summed E-state index contributed by atoms with van der Waals surface area (Å²) in [6.45, 7) is 3.24. The van der Waals surface area contributed by atoms with Crippen LogP contribution in [-0.4, -0.2) is 41.9 Å². The predicted molar refractivity (Wildman–Crippen MR) is 99.5 cm³/mol. The molecule has 0 heterocycles. The van der Waals surface area contributed by atoms with Crippen LogP contribution in [0.3, 0.4) is 0 Å². The number of rotatable bonds is 5. The quantitative estimate of drug-likeness (QED) is 0.864. The molecule has 2 N–H and O–H groups in total. The molecule has 0 aromatic heterocycles. The van der Waals surface area contributed by atoms with Crippen LogP contribution >= 0.6 is 0 Å². The van der Waals surface area contributed by atoms with Gasteiger partial charge >= 0.3 is 5.97 Å². The maximum atomic E-state index is 12.4. The molecular weight excluding hydrogens is 332 g/mol. The average molecular weight is 354 g/mol. The number of nitrogens with zero attached hydrogens (tertiary/aromatic N) is 1. The lowest BCUT2D eigenvalue weighted by Gasteiger charge is -2.20. The zero-order chi connectivity index (χ0) is 19.5. The van der Waals surface area contributed by atoms with Crippen LogP contribution in [0, 0.1) is 0 Å². The smallest absolute Gasteiger partial charge is 0.313 e. The van der Waals surface area contributed by atoms with Gasteiger partial charge in [0.15, 0.2) is 0 Å². The Kier molecular flexibility index (Phi) is 5.45. The van der Waals surface area contributed by atoms with E-state index in [4.69, 9.17) is 0 Å². The van der Waals surface area contributed by atoms with Gasteiger partial charge in [-0.1, -0.05) is 18.2 Å². The van der Waals surface area contributed by atoms with Gasteiger partial charge in [0.05, 0.1) is 5.41 Å². The van der Waals surface area contributed by atoms with Crippen molar-refractivity contribution in [1.82, 2.24) is 4.90 Å². The van der Waals surface area contributed by atoms with Gasteiger partial charge in [-0.3, -0.25) is 14.4 Å². The van der Waals surface area contributed by atoms with Gasteiger partial charge < -0.3 is 15.3 Å². The molecule has 0 spiro atoms. The van der Waals surface area contributed by atoms with E-state index in [0.29, 0.717) is 22.4 Å². The number of aliphatic carboxylic acids is 1. The van der Waals surface area contributed by atoms with E-state index in [-0.39, 0.29) is 11.8 Å². The number of nitrogens with one attached hydrogen (secondary N) is 1. The van der Waals surface area contributed by atoms with Crippen molar-refractivity contribution in [3.05, 3.63) is 65.2 Å². The predicted octanol–water partition coefficient (Wildman–Crippen LogP) is 3.00. The zero-order valence-electron chi connectivity index (χ0n) is 15.2. The highest BCUT2D eigenvalue weighted by Crippen LogP contribution is 2.25. The van der Waals surface area contributed by atoms with Crippen LogP contribution in [0.15, 0.2) is 48.5 Å². The maximum Gasteiger partial charge on any atom is 0.313 e. The number of hydrogen-bond acceptors (Lipinski definition) is 3. The molecule has 6 heteroatoms. The first-order chi connectivity index (χ1) is 12.1. The largest absolute Gasteiger partial charge is 0.481 e. The minimum atomic E-state index is -1.01. The Hall–Kier alpha value is -3.15. The molecule has 136 valence electrons. The van der Waals surface area contributed by atoms with Gasteiger partial charge in [0.25, 0.3) is 11.8 Å². The third kappa shape index (κ3) is 4.08. The van der Waals surface area contributed by atoms with E-state index in [1.807, 2.05) is 0 Å². The topological polar surface area (TPSA) is 86.7 Å². The molecule has 6 nitrogen and oxygen atoms in total. The summed E-state index contributed by atoms with van der Waals surface area (Å²) in [5.74, 6) is -1.44. The maximum absolute atomic E-state index is 12.4. The van der Waals surface area contributed by atoms with E-state index in [9.17, 15) is 19.5 Å². The number of carbonyl (C=O) groups excluding carboxylic acids is 2. The molecule has 0 unspecified atom stereocenters. The summed E-state index contributed by atoms with van der Waals surface area (Å²) < 4.78 is 0. The number of hydrogen-bond donors (Lipinski definition) is 2. The van der Waals surface area contributed by atoms with E-state index in [1.54, 1.807) is 76.5 Å². The van der Waals surface area contributed by atoms with Gasteiger partial charge in [-0.25, -0.2) is 0 Å². The number of anilines is 1. The van der Waals surface area contributed by atoms with Crippen molar-refractivity contribution >= 4 is 23.5 Å². The third-order valence-electron chi connectivity index (χ3n) is 4.18. The van der Waals surface area contributed by atoms with Crippen LogP contribution in [-0.2, 0) is 10.2 Å². The van der Waals surface area contributed by atoms with E-state index in [2.05, 4.69) is 5.32 Å². The van der Waals surface area contributed by atoms with Gasteiger partial charge in [0, 0.05) is 30.9 Å². The minimum Gasteiger partial charge on any atom is -0.481 e. The Labute approximate surface area is 152 Å². The molecule has 0 saturated carbocycles. The van der Waals surface area contributed by atoms with Gasteiger partial charge in [0.1, 0.15) is 0 Å². The standard InChI is InChI=1S/C20H22N2O4/c1-20(2,19(25)26)15-8-10-16(11-9-15)21-17(23)13-6-5-7-14(12-13)18(24)22(3)4/h5-12H,1-4H3,(H,21,23)(H,25,26). The lowest BCUT2D eigenvalue weighted by atomic mass is 9.85. The Morgan fingerprint density at radius 1 is 0.962 bits per heavy atom. The number of benzene rings is 2. The monoisotopic (exact) mass is 354 g/mol. The van der Waals surface area contributed by atoms with Crippen molar-refractivity contribution in [1.29, 1.82) is 0 Å². The van der Waals surface area contributed by atoms with Crippen molar-refractivity contribution in [2.24, 2.45) is 0 Å². The lowest BCUT2D eigenvalue weighted by molar-refractivity contribution is -0.142. The van der Waals surface area contributed by atoms with E-state index >= 15 is 0 Å². The molecule has 0 aliphatic carbocycles. The molecule has 0 aliphatic heterocycles. The second-order valence-corrected chi connectivity index (χ2v) is 6.74. The van der Waals surface area contributed by atoms with Crippen LogP contribution < -0.4 is 5.32 Å². The molecule has 26 heavy (non-hydrogen) atoms. The SMILES string of the molecule is CN(C)C(=O)c1cccc(C(=O)Nc2ccc(C(C)(C)C(=O)O)cc2)c1. The normalized spacial score (nSPS) is 10.9. The lowest BCUT2D eigenvalue weighted by Crippen LogP contribution is -2.28. The van der Waals surface area contributed by atoms with Crippen molar-refractivity contribution in [2.75, 3.05) is 19.4 Å². The molecule has 0 bridgehead atoms. The summed E-state index contributed by atoms with van der Waals surface area (Å²) in [6.07, 6.45) is 0. The number of carboxylic acids is 1. The second kappa shape index (κ2) is 7.39. The summed E-state index contributed by atoms with van der Waals surface area (Å²) in [7, 11) is 3.30. The third-order valence-corrected chi connectivity index (χ3v) is 4.18. The molecule has 0 aliphatic rings. The van der Waals surface area contributed by atoms with E-state index < -0.39 is 11.4 Å². The van der Waals surface area contributed by atoms with Gasteiger partial charge in [0.2, 0.25) is 0 Å². The molecule has 2 aromatic carbocycles. The number of carboxylic acid groups (broad SMARTS) is 1.